The number of rotatable bonds is 9. The molecule has 2 aliphatic heterocycles. The van der Waals surface area contributed by atoms with Gasteiger partial charge in [-0.1, -0.05) is 42.8 Å². The van der Waals surface area contributed by atoms with E-state index in [0.29, 0.717) is 22.6 Å². The van der Waals surface area contributed by atoms with Crippen molar-refractivity contribution in [1.82, 2.24) is 10.6 Å². The molecule has 0 spiro atoms. The average molecular weight is 562 g/mol. The molecule has 2 N–H and O–H groups in total. The maximum absolute atomic E-state index is 13.8. The van der Waals surface area contributed by atoms with Crippen LogP contribution in [0.5, 0.6) is 11.5 Å². The van der Waals surface area contributed by atoms with Crippen molar-refractivity contribution in [3.05, 3.63) is 87.9 Å². The van der Waals surface area contributed by atoms with Gasteiger partial charge in [-0.15, -0.1) is 0 Å². The van der Waals surface area contributed by atoms with Crippen LogP contribution in [0.15, 0.2) is 60.7 Å². The van der Waals surface area contributed by atoms with Gasteiger partial charge in [-0.3, -0.25) is 4.79 Å². The fraction of sp³-hybridized carbons (Fsp3) is 0.424. The molecular weight excluding hydrogens is 522 g/mol. The van der Waals surface area contributed by atoms with Gasteiger partial charge in [0.15, 0.2) is 11.5 Å². The second-order valence-corrected chi connectivity index (χ2v) is 11.4. The number of nitrogens with zero attached hydrogens (tertiary/aromatic N) is 1. The predicted octanol–water partition coefficient (Wildman–Crippen LogP) is 6.61. The standard InChI is InChI=1S/C33H40ClN3O3/c1-5-21(2)40-31-19-29-25(17-30(31)39-4)18-32(38)37(33(29)24-8-12-26(34)13-9-24)28-14-10-23(11-15-28)22(3)36-27-7-6-16-35-20-27/h8-15,17,19,21-22,27,33,35-36H,5-7,16,18,20H2,1-4H3. The Balaban J connectivity index is 1.51. The molecule has 1 amide bonds. The van der Waals surface area contributed by atoms with Crippen LogP contribution in [0.25, 0.3) is 0 Å². The van der Waals surface area contributed by atoms with Gasteiger partial charge in [-0.05, 0) is 98.3 Å². The van der Waals surface area contributed by atoms with E-state index in [-0.39, 0.29) is 30.5 Å². The van der Waals surface area contributed by atoms with Crippen LogP contribution >= 0.6 is 11.6 Å². The number of hydrogen-bond acceptors (Lipinski definition) is 5. The second kappa shape index (κ2) is 12.6. The molecule has 1 saturated heterocycles. The van der Waals surface area contributed by atoms with Gasteiger partial charge in [-0.25, -0.2) is 0 Å². The van der Waals surface area contributed by atoms with Gasteiger partial charge in [0, 0.05) is 29.3 Å². The minimum absolute atomic E-state index is 0.0368. The quantitative estimate of drug-likeness (QED) is 0.308. The molecule has 6 nitrogen and oxygen atoms in total. The maximum atomic E-state index is 13.8. The Bertz CT molecular complexity index is 1310. The van der Waals surface area contributed by atoms with Gasteiger partial charge >= 0.3 is 0 Å². The van der Waals surface area contributed by atoms with E-state index in [1.165, 1.54) is 18.4 Å². The summed E-state index contributed by atoms with van der Waals surface area (Å²) in [5, 5.41) is 7.88. The molecule has 0 aliphatic carbocycles. The number of fused-ring (bicyclic) bond motifs is 1. The molecule has 0 bridgehead atoms. The number of hydrogen-bond donors (Lipinski definition) is 2. The minimum Gasteiger partial charge on any atom is -0.493 e. The van der Waals surface area contributed by atoms with Crippen LogP contribution in [0.4, 0.5) is 5.69 Å². The Kier molecular flexibility index (Phi) is 8.99. The second-order valence-electron chi connectivity index (χ2n) is 11.0. The summed E-state index contributed by atoms with van der Waals surface area (Å²) in [6, 6.07) is 20.5. The molecule has 40 heavy (non-hydrogen) atoms. The zero-order valence-corrected chi connectivity index (χ0v) is 24.6. The number of halogens is 1. The van der Waals surface area contributed by atoms with Gasteiger partial charge in [0.05, 0.1) is 25.7 Å². The highest BCUT2D eigenvalue weighted by Crippen LogP contribution is 2.44. The van der Waals surface area contributed by atoms with Crippen molar-refractivity contribution in [3.8, 4) is 11.5 Å². The first-order chi connectivity index (χ1) is 19.4. The van der Waals surface area contributed by atoms with Crippen LogP contribution in [-0.4, -0.2) is 38.3 Å². The first-order valence-electron chi connectivity index (χ1n) is 14.4. The molecule has 4 atom stereocenters. The molecule has 2 aliphatic rings. The lowest BCUT2D eigenvalue weighted by molar-refractivity contribution is -0.118. The molecule has 7 heteroatoms. The lowest BCUT2D eigenvalue weighted by atomic mass is 9.86. The smallest absolute Gasteiger partial charge is 0.232 e. The van der Waals surface area contributed by atoms with Crippen molar-refractivity contribution >= 4 is 23.2 Å². The van der Waals surface area contributed by atoms with E-state index in [9.17, 15) is 4.79 Å². The third kappa shape index (κ3) is 6.14. The van der Waals surface area contributed by atoms with Crippen molar-refractivity contribution < 1.29 is 14.3 Å². The number of anilines is 1. The third-order valence-electron chi connectivity index (χ3n) is 8.13. The van der Waals surface area contributed by atoms with Crippen molar-refractivity contribution in [3.63, 3.8) is 0 Å². The summed E-state index contributed by atoms with van der Waals surface area (Å²) in [7, 11) is 1.64. The summed E-state index contributed by atoms with van der Waals surface area (Å²) >= 11 is 6.26. The van der Waals surface area contributed by atoms with Crippen LogP contribution in [0, 0.1) is 0 Å². The van der Waals surface area contributed by atoms with E-state index in [1.807, 2.05) is 42.2 Å². The topological polar surface area (TPSA) is 62.8 Å². The SMILES string of the molecule is CCC(C)Oc1cc2c(cc1OC)CC(=O)N(c1ccc(C(C)NC3CCCNC3)cc1)C2c1ccc(Cl)cc1. The summed E-state index contributed by atoms with van der Waals surface area (Å²) in [6.45, 7) is 8.45. The lowest BCUT2D eigenvalue weighted by Crippen LogP contribution is -2.44. The van der Waals surface area contributed by atoms with Crippen LogP contribution < -0.4 is 25.0 Å². The van der Waals surface area contributed by atoms with E-state index in [1.54, 1.807) is 7.11 Å². The molecule has 0 saturated carbocycles. The Morgan fingerprint density at radius 1 is 1.07 bits per heavy atom. The number of methoxy groups -OCH3 is 1. The molecule has 0 aromatic heterocycles. The monoisotopic (exact) mass is 561 g/mol. The van der Waals surface area contributed by atoms with Gasteiger partial charge in [0.1, 0.15) is 0 Å². The summed E-state index contributed by atoms with van der Waals surface area (Å²) in [6.07, 6.45) is 3.59. The average Bonchev–Trinajstić information content (AvgIpc) is 2.97. The van der Waals surface area contributed by atoms with Crippen LogP contribution in [0.3, 0.4) is 0 Å². The van der Waals surface area contributed by atoms with E-state index in [0.717, 1.165) is 41.9 Å². The van der Waals surface area contributed by atoms with Gasteiger partial charge in [0.2, 0.25) is 5.91 Å². The molecule has 2 heterocycles. The van der Waals surface area contributed by atoms with Gasteiger partial charge in [-0.2, -0.15) is 0 Å². The first kappa shape index (κ1) is 28.5. The number of ether oxygens (including phenoxy) is 2. The van der Waals surface area contributed by atoms with Crippen molar-refractivity contribution in [2.24, 2.45) is 0 Å². The van der Waals surface area contributed by atoms with E-state index < -0.39 is 0 Å². The summed E-state index contributed by atoms with van der Waals surface area (Å²) in [5.41, 5.74) is 5.04. The van der Waals surface area contributed by atoms with E-state index in [2.05, 4.69) is 54.8 Å². The van der Waals surface area contributed by atoms with Crippen molar-refractivity contribution in [1.29, 1.82) is 0 Å². The zero-order valence-electron chi connectivity index (χ0n) is 23.9. The van der Waals surface area contributed by atoms with Gasteiger partial charge in [0.25, 0.3) is 0 Å². The molecule has 5 rings (SSSR count). The molecule has 0 radical (unpaired) electrons. The third-order valence-corrected chi connectivity index (χ3v) is 8.38. The lowest BCUT2D eigenvalue weighted by Gasteiger charge is -2.38. The minimum atomic E-state index is -0.326. The molecular formula is C33H40ClN3O3. The Labute approximate surface area is 243 Å². The highest BCUT2D eigenvalue weighted by Gasteiger charge is 2.36. The molecule has 212 valence electrons. The molecule has 3 aromatic rings. The normalized spacial score (nSPS) is 20.5. The van der Waals surface area contributed by atoms with Gasteiger partial charge < -0.3 is 25.0 Å². The number of carbonyl (C=O) groups excluding carboxylic acids is 1. The summed E-state index contributed by atoms with van der Waals surface area (Å²) in [4.78, 5) is 15.7. The predicted molar refractivity (Wildman–Crippen MR) is 162 cm³/mol. The van der Waals surface area contributed by atoms with E-state index >= 15 is 0 Å². The number of amides is 1. The maximum Gasteiger partial charge on any atom is 0.232 e. The molecule has 4 unspecified atom stereocenters. The fourth-order valence-corrected chi connectivity index (χ4v) is 5.87. The van der Waals surface area contributed by atoms with E-state index in [4.69, 9.17) is 21.1 Å². The highest BCUT2D eigenvalue weighted by atomic mass is 35.5. The Morgan fingerprint density at radius 3 is 2.48 bits per heavy atom. The number of piperidine rings is 1. The number of carbonyl (C=O) groups is 1. The fourth-order valence-electron chi connectivity index (χ4n) is 5.74. The zero-order chi connectivity index (χ0) is 28.2. The summed E-state index contributed by atoms with van der Waals surface area (Å²) < 4.78 is 11.9. The largest absolute Gasteiger partial charge is 0.493 e. The Hall–Kier alpha value is -3.06. The van der Waals surface area contributed by atoms with Crippen LogP contribution in [-0.2, 0) is 11.2 Å². The van der Waals surface area contributed by atoms with Crippen molar-refractivity contribution in [2.75, 3.05) is 25.1 Å². The molecule has 3 aromatic carbocycles. The van der Waals surface area contributed by atoms with Crippen molar-refractivity contribution in [2.45, 2.75) is 70.7 Å². The first-order valence-corrected chi connectivity index (χ1v) is 14.8. The summed E-state index contributed by atoms with van der Waals surface area (Å²) in [5.74, 6) is 1.38. The highest BCUT2D eigenvalue weighted by molar-refractivity contribution is 6.30. The molecule has 1 fully saturated rings. The number of nitrogens with one attached hydrogen (secondary N) is 2. The van der Waals surface area contributed by atoms with Crippen LogP contribution in [0.1, 0.15) is 74.4 Å². The van der Waals surface area contributed by atoms with Crippen LogP contribution in [0.2, 0.25) is 5.02 Å². The number of benzene rings is 3. The Morgan fingerprint density at radius 2 is 1.82 bits per heavy atom.